The normalized spacial score (nSPS) is 23.8. The van der Waals surface area contributed by atoms with Crippen LogP contribution >= 0.6 is 0 Å². The number of nitrogens with zero attached hydrogens (tertiary/aromatic N) is 1. The minimum absolute atomic E-state index is 0.0514. The zero-order valence-corrected chi connectivity index (χ0v) is 30.0. The number of carbonyl (C=O) groups excluding carboxylic acids is 6. The van der Waals surface area contributed by atoms with Crippen LogP contribution in [0.25, 0.3) is 0 Å². The van der Waals surface area contributed by atoms with Gasteiger partial charge in [0, 0.05) is 13.1 Å². The average Bonchev–Trinajstić information content (AvgIpc) is 3.24. The molecule has 0 aromatic rings. The number of carbonyl (C=O) groups is 6. The monoisotopic (exact) mass is 662 g/mol. The Morgan fingerprint density at radius 1 is 0.957 bits per heavy atom. The molecule has 1 unspecified atom stereocenters. The Balaban J connectivity index is 1.73. The lowest BCUT2D eigenvalue weighted by Crippen LogP contribution is -2.62. The molecule has 0 aromatic carbocycles. The van der Waals surface area contributed by atoms with Crippen LogP contribution in [0.5, 0.6) is 0 Å². The number of primary amides is 1. The summed E-state index contributed by atoms with van der Waals surface area (Å²) in [5.41, 5.74) is 4.22. The highest BCUT2D eigenvalue weighted by Crippen LogP contribution is 2.65. The van der Waals surface area contributed by atoms with Crippen LogP contribution in [0.1, 0.15) is 94.9 Å². The minimum Gasteiger partial charge on any atom is -0.449 e. The summed E-state index contributed by atoms with van der Waals surface area (Å²) in [5.74, 6) is -2.72. The number of fused-ring (bicyclic) bond motifs is 1. The van der Waals surface area contributed by atoms with E-state index in [-0.39, 0.29) is 47.7 Å². The fraction of sp³-hybridized carbons (Fsp3) is 0.824. The SMILES string of the molecule is CC(C)[C@@H](CNC(=O)OCC(C)(C)C)NC(=O)N[C@H](C(=O)N1C[C@H]2[C@@H]([C@H]1C(=O)NC(CC1CCC1)C(=O)C(N)=O)C2(C)C)C(C)(C)C. The number of Topliss-reactive ketones (excluding diaryl/α,β-unsaturated/α-hetero) is 1. The number of ether oxygens (including phenoxy) is 1. The van der Waals surface area contributed by atoms with Crippen molar-refractivity contribution in [1.29, 1.82) is 0 Å². The summed E-state index contributed by atoms with van der Waals surface area (Å²) < 4.78 is 5.27. The molecule has 2 aliphatic carbocycles. The lowest BCUT2D eigenvalue weighted by Gasteiger charge is -2.38. The first kappa shape index (κ1) is 38.1. The highest BCUT2D eigenvalue weighted by atomic mass is 16.5. The van der Waals surface area contributed by atoms with Crippen molar-refractivity contribution in [2.24, 2.45) is 45.7 Å². The first-order valence-corrected chi connectivity index (χ1v) is 17.0. The second kappa shape index (κ2) is 14.4. The molecule has 13 nitrogen and oxygen atoms in total. The van der Waals surface area contributed by atoms with Crippen LogP contribution in [0.4, 0.5) is 9.59 Å². The first-order chi connectivity index (χ1) is 21.5. The summed E-state index contributed by atoms with van der Waals surface area (Å²) in [4.78, 5) is 79.8. The van der Waals surface area contributed by atoms with Gasteiger partial charge in [0.05, 0.1) is 18.7 Å². The van der Waals surface area contributed by atoms with Gasteiger partial charge in [0.2, 0.25) is 17.6 Å². The number of ketones is 1. The van der Waals surface area contributed by atoms with E-state index < -0.39 is 65.2 Å². The van der Waals surface area contributed by atoms with Crippen LogP contribution in [-0.4, -0.2) is 84.4 Å². The van der Waals surface area contributed by atoms with E-state index in [1.165, 1.54) is 4.90 Å². The number of nitrogens with one attached hydrogen (secondary N) is 4. The molecule has 2 saturated carbocycles. The van der Waals surface area contributed by atoms with Gasteiger partial charge in [-0.2, -0.15) is 0 Å². The van der Waals surface area contributed by atoms with Crippen LogP contribution in [0.3, 0.4) is 0 Å². The van der Waals surface area contributed by atoms with Crippen molar-refractivity contribution in [3.63, 3.8) is 0 Å². The van der Waals surface area contributed by atoms with Crippen LogP contribution in [0.2, 0.25) is 0 Å². The van der Waals surface area contributed by atoms with Gasteiger partial charge in [-0.05, 0) is 46.3 Å². The van der Waals surface area contributed by atoms with Gasteiger partial charge in [0.25, 0.3) is 5.91 Å². The molecule has 13 heteroatoms. The van der Waals surface area contributed by atoms with E-state index in [2.05, 4.69) is 35.1 Å². The Labute approximate surface area is 279 Å². The van der Waals surface area contributed by atoms with Crippen LogP contribution in [0.15, 0.2) is 0 Å². The van der Waals surface area contributed by atoms with Crippen molar-refractivity contribution >= 4 is 35.6 Å². The van der Waals surface area contributed by atoms with Crippen LogP contribution in [-0.2, 0) is 23.9 Å². The topological polar surface area (TPSA) is 189 Å². The molecule has 0 radical (unpaired) electrons. The Bertz CT molecular complexity index is 1220. The van der Waals surface area contributed by atoms with Gasteiger partial charge >= 0.3 is 12.1 Å². The average molecular weight is 663 g/mol. The highest BCUT2D eigenvalue weighted by Gasteiger charge is 2.70. The molecule has 0 spiro atoms. The highest BCUT2D eigenvalue weighted by molar-refractivity contribution is 6.37. The smallest absolute Gasteiger partial charge is 0.407 e. The van der Waals surface area contributed by atoms with Crippen LogP contribution < -0.4 is 27.0 Å². The Morgan fingerprint density at radius 3 is 2.06 bits per heavy atom. The van der Waals surface area contributed by atoms with Crippen molar-refractivity contribution < 1.29 is 33.5 Å². The van der Waals surface area contributed by atoms with Gasteiger partial charge < -0.3 is 36.6 Å². The number of amides is 6. The van der Waals surface area contributed by atoms with E-state index in [9.17, 15) is 28.8 Å². The van der Waals surface area contributed by atoms with Gasteiger partial charge in [0.1, 0.15) is 12.1 Å². The van der Waals surface area contributed by atoms with Crippen molar-refractivity contribution in [3.8, 4) is 0 Å². The third kappa shape index (κ3) is 9.59. The third-order valence-corrected chi connectivity index (χ3v) is 10.0. The molecule has 6 atom stereocenters. The van der Waals surface area contributed by atoms with E-state index >= 15 is 0 Å². The molecule has 47 heavy (non-hydrogen) atoms. The second-order valence-electron chi connectivity index (χ2n) is 17.0. The van der Waals surface area contributed by atoms with Crippen molar-refractivity contribution in [1.82, 2.24) is 26.2 Å². The molecular formula is C34H58N6O7. The fourth-order valence-electron chi connectivity index (χ4n) is 6.67. The maximum Gasteiger partial charge on any atom is 0.407 e. The molecule has 266 valence electrons. The molecule has 0 aromatic heterocycles. The van der Waals surface area contributed by atoms with Crippen molar-refractivity contribution in [2.75, 3.05) is 19.7 Å². The first-order valence-electron chi connectivity index (χ1n) is 17.0. The lowest BCUT2D eigenvalue weighted by atomic mass is 9.80. The van der Waals surface area contributed by atoms with E-state index in [1.807, 2.05) is 55.4 Å². The molecule has 1 saturated heterocycles. The number of hydrogen-bond acceptors (Lipinski definition) is 7. The Morgan fingerprint density at radius 2 is 1.57 bits per heavy atom. The number of likely N-dealkylation sites (tertiary alicyclic amines) is 1. The molecule has 1 heterocycles. The fourth-order valence-corrected chi connectivity index (χ4v) is 6.67. The summed E-state index contributed by atoms with van der Waals surface area (Å²) in [6.45, 7) is 20.0. The largest absolute Gasteiger partial charge is 0.449 e. The lowest BCUT2D eigenvalue weighted by molar-refractivity contribution is -0.145. The van der Waals surface area contributed by atoms with Gasteiger partial charge in [-0.3, -0.25) is 19.2 Å². The molecule has 6 N–H and O–H groups in total. The number of alkyl carbamates (subject to hydrolysis) is 1. The standard InChI is InChI=1S/C34H58N6O7/c1-18(2)22(15-36-31(46)47-17-32(3,4)5)38-30(45)39-26(33(6,7)8)29(44)40-16-20-23(34(20,9)10)24(40)28(43)37-21(25(41)27(35)42)14-19-12-11-13-19/h18-24,26H,11-17H2,1-10H3,(H2,35,42)(H,36,46)(H,37,43)(H2,38,39,45)/t20-,21?,22+,23-,24-,26+/m0/s1. The molecule has 3 rings (SSSR count). The number of hydrogen-bond donors (Lipinski definition) is 5. The predicted molar refractivity (Wildman–Crippen MR) is 177 cm³/mol. The number of urea groups is 1. The summed E-state index contributed by atoms with van der Waals surface area (Å²) in [6.07, 6.45) is 2.62. The number of piperidine rings is 1. The molecule has 0 bridgehead atoms. The van der Waals surface area contributed by atoms with E-state index in [4.69, 9.17) is 10.5 Å². The summed E-state index contributed by atoms with van der Waals surface area (Å²) >= 11 is 0. The molecule has 1 aliphatic heterocycles. The minimum atomic E-state index is -1.10. The number of rotatable bonds is 13. The van der Waals surface area contributed by atoms with E-state index in [1.54, 1.807) is 0 Å². The molecule has 6 amide bonds. The molecule has 3 aliphatic rings. The summed E-state index contributed by atoms with van der Waals surface area (Å²) in [6, 6.07) is -3.94. The Kier molecular flexibility index (Phi) is 11.7. The van der Waals surface area contributed by atoms with Crippen LogP contribution in [0, 0.1) is 39.9 Å². The van der Waals surface area contributed by atoms with Gasteiger partial charge in [0.15, 0.2) is 0 Å². The van der Waals surface area contributed by atoms with Crippen molar-refractivity contribution in [2.45, 2.75) is 119 Å². The second-order valence-corrected chi connectivity index (χ2v) is 17.0. The zero-order chi connectivity index (χ0) is 35.6. The molecule has 3 fully saturated rings. The van der Waals surface area contributed by atoms with E-state index in [0.717, 1.165) is 19.3 Å². The van der Waals surface area contributed by atoms with Crippen molar-refractivity contribution in [3.05, 3.63) is 0 Å². The van der Waals surface area contributed by atoms with Gasteiger partial charge in [-0.25, -0.2) is 9.59 Å². The predicted octanol–water partition coefficient (Wildman–Crippen LogP) is 2.71. The molecular weight excluding hydrogens is 604 g/mol. The summed E-state index contributed by atoms with van der Waals surface area (Å²) in [5, 5.41) is 11.2. The quantitative estimate of drug-likeness (QED) is 0.187. The zero-order valence-electron chi connectivity index (χ0n) is 30.0. The maximum atomic E-state index is 14.3. The third-order valence-electron chi connectivity index (χ3n) is 10.0. The number of nitrogens with two attached hydrogens (primary N) is 1. The van der Waals surface area contributed by atoms with Gasteiger partial charge in [-0.1, -0.05) is 88.5 Å². The summed E-state index contributed by atoms with van der Waals surface area (Å²) in [7, 11) is 0. The van der Waals surface area contributed by atoms with E-state index in [0.29, 0.717) is 13.0 Å². The van der Waals surface area contributed by atoms with Gasteiger partial charge in [-0.15, -0.1) is 0 Å². The maximum absolute atomic E-state index is 14.3. The Hall–Kier alpha value is -3.38.